The third-order valence-corrected chi connectivity index (χ3v) is 12.2. The lowest BCUT2D eigenvalue weighted by molar-refractivity contribution is -0.137. The number of likely N-dealkylation sites (tertiary alicyclic amines) is 1. The van der Waals surface area contributed by atoms with Crippen LogP contribution in [0.15, 0.2) is 48.5 Å². The number of amides is 4. The van der Waals surface area contributed by atoms with Crippen molar-refractivity contribution in [1.82, 2.24) is 19.6 Å². The molecule has 48 heavy (non-hydrogen) atoms. The summed E-state index contributed by atoms with van der Waals surface area (Å²) in [4.78, 5) is 51.7. The molecule has 2 atom stereocenters. The average Bonchev–Trinajstić information content (AvgIpc) is 3.27. The van der Waals surface area contributed by atoms with Crippen molar-refractivity contribution in [1.29, 1.82) is 0 Å². The molecule has 0 aliphatic carbocycles. The molecule has 4 aliphatic rings. The molecule has 0 bridgehead atoms. The third-order valence-electron chi connectivity index (χ3n) is 10.7. The van der Waals surface area contributed by atoms with E-state index >= 15 is 0 Å². The highest BCUT2D eigenvalue weighted by Gasteiger charge is 2.44. The first-order chi connectivity index (χ1) is 23.0. The lowest BCUT2D eigenvalue weighted by Crippen LogP contribution is -2.50. The zero-order valence-corrected chi connectivity index (χ0v) is 30.3. The maximum Gasteiger partial charge on any atom is 0.322 e. The number of anilines is 2. The van der Waals surface area contributed by atoms with Gasteiger partial charge in [0.2, 0.25) is 11.8 Å². The number of fused-ring (bicyclic) bond motifs is 1. The summed E-state index contributed by atoms with van der Waals surface area (Å²) in [6.07, 6.45) is 5.67. The molecule has 6 rings (SSSR count). The van der Waals surface area contributed by atoms with E-state index in [4.69, 9.17) is 0 Å². The van der Waals surface area contributed by atoms with Crippen LogP contribution in [0.3, 0.4) is 0 Å². The van der Waals surface area contributed by atoms with Gasteiger partial charge in [-0.15, -0.1) is 11.8 Å². The minimum atomic E-state index is -0.400. The number of rotatable bonds is 8. The number of thioether (sulfide) groups is 1. The second-order valence-electron chi connectivity index (χ2n) is 15.4. The van der Waals surface area contributed by atoms with Crippen LogP contribution < -0.4 is 10.2 Å². The van der Waals surface area contributed by atoms with E-state index in [1.54, 1.807) is 11.8 Å². The molecule has 1 N–H and O–H groups in total. The molecule has 0 saturated carbocycles. The summed E-state index contributed by atoms with van der Waals surface area (Å²) in [5.74, 6) is 0.127. The second-order valence-corrected chi connectivity index (χ2v) is 16.7. The van der Waals surface area contributed by atoms with E-state index in [0.29, 0.717) is 32.2 Å². The summed E-state index contributed by atoms with van der Waals surface area (Å²) >= 11 is 1.66. The number of hydrogen-bond donors (Lipinski definition) is 1. The van der Waals surface area contributed by atoms with Crippen molar-refractivity contribution in [3.63, 3.8) is 0 Å². The van der Waals surface area contributed by atoms with Crippen LogP contribution in [0.4, 0.5) is 16.2 Å². The Hall–Kier alpha value is -3.24. The average molecular weight is 675 g/mol. The first kappa shape index (κ1) is 34.6. The normalized spacial score (nSPS) is 23.0. The Labute approximate surface area is 291 Å². The van der Waals surface area contributed by atoms with Gasteiger partial charge in [-0.05, 0) is 75.7 Å². The Balaban J connectivity index is 1.11. The topological polar surface area (TPSA) is 79.4 Å². The van der Waals surface area contributed by atoms with Gasteiger partial charge in [0.05, 0.1) is 5.25 Å². The third kappa shape index (κ3) is 7.80. The maximum atomic E-state index is 14.1. The van der Waals surface area contributed by atoms with Crippen LogP contribution in [-0.4, -0.2) is 108 Å². The van der Waals surface area contributed by atoms with Gasteiger partial charge in [-0.2, -0.15) is 0 Å². The van der Waals surface area contributed by atoms with E-state index in [2.05, 4.69) is 85.2 Å². The van der Waals surface area contributed by atoms with E-state index in [9.17, 15) is 14.4 Å². The molecule has 4 amide bonds. The van der Waals surface area contributed by atoms with Crippen molar-refractivity contribution in [3.05, 3.63) is 59.7 Å². The Morgan fingerprint density at radius 3 is 2.31 bits per heavy atom. The SMILES string of the molecule is CN(C)C1CCN(c2ccccc2C2SC(CC(=O)N3CCC(N4CCc5ccccc5NC4=O)CC3)C(=O)N2CCC(C)(C)C)CC1. The van der Waals surface area contributed by atoms with Crippen molar-refractivity contribution in [2.45, 2.75) is 88.4 Å². The maximum absolute atomic E-state index is 14.1. The standard InChI is InChI=1S/C38H54N6O3S/c1-38(2,3)19-25-44-35(46)33(48-36(44)30-11-7-9-13-32(30)41-20-15-28(16-21-41)40(4)5)26-34(45)42-22-17-29(18-23-42)43-24-14-27-10-6-8-12-31(27)39-37(43)47/h6-13,28-29,33,36H,14-26H2,1-5H3,(H,39,47). The van der Waals surface area contributed by atoms with Gasteiger partial charge in [-0.3, -0.25) is 9.59 Å². The van der Waals surface area contributed by atoms with Gasteiger partial charge in [0.15, 0.2) is 0 Å². The quantitative estimate of drug-likeness (QED) is 0.367. The zero-order valence-electron chi connectivity index (χ0n) is 29.5. The molecule has 0 spiro atoms. The first-order valence-electron chi connectivity index (χ1n) is 17.9. The van der Waals surface area contributed by atoms with Crippen LogP contribution in [0.2, 0.25) is 0 Å². The molecule has 10 heteroatoms. The molecule has 0 aromatic heterocycles. The van der Waals surface area contributed by atoms with Crippen LogP contribution in [0, 0.1) is 5.41 Å². The predicted molar refractivity (Wildman–Crippen MR) is 195 cm³/mol. The van der Waals surface area contributed by atoms with Gasteiger partial charge in [0.25, 0.3) is 0 Å². The molecule has 3 saturated heterocycles. The number of urea groups is 1. The summed E-state index contributed by atoms with van der Waals surface area (Å²) in [6.45, 7) is 11.2. The van der Waals surface area contributed by atoms with Crippen LogP contribution in [0.25, 0.3) is 0 Å². The molecular weight excluding hydrogens is 621 g/mol. The fourth-order valence-electron chi connectivity index (χ4n) is 7.71. The van der Waals surface area contributed by atoms with Gasteiger partial charge in [0, 0.05) is 74.7 Å². The molecule has 0 radical (unpaired) electrons. The van der Waals surface area contributed by atoms with E-state index in [1.165, 1.54) is 11.3 Å². The van der Waals surface area contributed by atoms with E-state index in [0.717, 1.165) is 62.9 Å². The lowest BCUT2D eigenvalue weighted by Gasteiger charge is -2.38. The molecule has 260 valence electrons. The van der Waals surface area contributed by atoms with Crippen molar-refractivity contribution < 1.29 is 14.4 Å². The summed E-state index contributed by atoms with van der Waals surface area (Å²) in [5, 5.41) is 2.57. The van der Waals surface area contributed by atoms with Crippen molar-refractivity contribution >= 4 is 41.0 Å². The van der Waals surface area contributed by atoms with Crippen LogP contribution in [0.5, 0.6) is 0 Å². The summed E-state index contributed by atoms with van der Waals surface area (Å²) in [7, 11) is 4.33. The Kier molecular flexibility index (Phi) is 10.6. The van der Waals surface area contributed by atoms with E-state index in [1.807, 2.05) is 28.0 Å². The fourth-order valence-corrected chi connectivity index (χ4v) is 9.21. The number of carbonyl (C=O) groups is 3. The number of hydrogen-bond acceptors (Lipinski definition) is 6. The largest absolute Gasteiger partial charge is 0.371 e. The van der Waals surface area contributed by atoms with Crippen molar-refractivity contribution in [2.24, 2.45) is 5.41 Å². The molecule has 2 aromatic rings. The highest BCUT2D eigenvalue weighted by Crippen LogP contribution is 2.48. The molecule has 9 nitrogen and oxygen atoms in total. The monoisotopic (exact) mass is 674 g/mol. The van der Waals surface area contributed by atoms with Gasteiger partial charge in [-0.25, -0.2) is 4.79 Å². The number of benzene rings is 2. The number of nitrogens with one attached hydrogen (secondary N) is 1. The predicted octanol–water partition coefficient (Wildman–Crippen LogP) is 6.07. The van der Waals surface area contributed by atoms with Gasteiger partial charge in [-0.1, -0.05) is 57.2 Å². The first-order valence-corrected chi connectivity index (χ1v) is 18.8. The Morgan fingerprint density at radius 1 is 0.917 bits per heavy atom. The van der Waals surface area contributed by atoms with E-state index < -0.39 is 5.25 Å². The summed E-state index contributed by atoms with van der Waals surface area (Å²) < 4.78 is 0. The van der Waals surface area contributed by atoms with Crippen LogP contribution in [0.1, 0.15) is 75.8 Å². The van der Waals surface area contributed by atoms with Gasteiger partial charge >= 0.3 is 6.03 Å². The lowest BCUT2D eigenvalue weighted by atomic mass is 9.92. The zero-order chi connectivity index (χ0) is 34.0. The van der Waals surface area contributed by atoms with Gasteiger partial charge < -0.3 is 29.8 Å². The molecular formula is C38H54N6O3S. The molecule has 4 heterocycles. The molecule has 2 aromatic carbocycles. The number of piperidine rings is 2. The number of para-hydroxylation sites is 2. The fraction of sp³-hybridized carbons (Fsp3) is 0.605. The minimum absolute atomic E-state index is 0.0440. The Bertz CT molecular complexity index is 1460. The van der Waals surface area contributed by atoms with Crippen LogP contribution >= 0.6 is 11.8 Å². The highest BCUT2D eigenvalue weighted by molar-refractivity contribution is 8.01. The second kappa shape index (κ2) is 14.7. The summed E-state index contributed by atoms with van der Waals surface area (Å²) in [5.41, 5.74) is 4.54. The number of nitrogens with zero attached hydrogens (tertiary/aromatic N) is 5. The number of carbonyl (C=O) groups excluding carboxylic acids is 3. The highest BCUT2D eigenvalue weighted by atomic mass is 32.2. The minimum Gasteiger partial charge on any atom is -0.371 e. The van der Waals surface area contributed by atoms with E-state index in [-0.39, 0.29) is 41.1 Å². The van der Waals surface area contributed by atoms with Crippen LogP contribution in [-0.2, 0) is 16.0 Å². The Morgan fingerprint density at radius 2 is 1.60 bits per heavy atom. The molecule has 4 aliphatic heterocycles. The van der Waals surface area contributed by atoms with Crippen molar-refractivity contribution in [3.8, 4) is 0 Å². The van der Waals surface area contributed by atoms with Gasteiger partial charge in [0.1, 0.15) is 5.37 Å². The van der Waals surface area contributed by atoms with Crippen molar-refractivity contribution in [2.75, 3.05) is 63.6 Å². The smallest absolute Gasteiger partial charge is 0.322 e. The molecule has 2 unspecified atom stereocenters. The molecule has 3 fully saturated rings. The summed E-state index contributed by atoms with van der Waals surface area (Å²) in [6, 6.07) is 17.2.